The number of aryl methyl sites for hydroxylation is 1. The molecule has 0 radical (unpaired) electrons. The van der Waals surface area contributed by atoms with Gasteiger partial charge in [-0.3, -0.25) is 14.6 Å². The SMILES string of the molecule is Cc1cc(Cl)ccc1N1CCN(C(=O)C(C)(C)C)CC1c1ccc(C(=O)c2ccncc2)cc1. The van der Waals surface area contributed by atoms with Crippen LogP contribution in [0.15, 0.2) is 67.0 Å². The monoisotopic (exact) mass is 475 g/mol. The van der Waals surface area contributed by atoms with Gasteiger partial charge >= 0.3 is 0 Å². The fraction of sp³-hybridized carbons (Fsp3) is 0.321. The average Bonchev–Trinajstić information content (AvgIpc) is 2.83. The highest BCUT2D eigenvalue weighted by molar-refractivity contribution is 6.30. The van der Waals surface area contributed by atoms with Crippen LogP contribution < -0.4 is 4.90 Å². The Bertz CT molecular complexity index is 1190. The molecule has 1 saturated heterocycles. The smallest absolute Gasteiger partial charge is 0.228 e. The number of amides is 1. The van der Waals surface area contributed by atoms with Crippen LogP contribution in [0.1, 0.15) is 53.9 Å². The van der Waals surface area contributed by atoms with Crippen molar-refractivity contribution >= 4 is 29.0 Å². The molecule has 4 rings (SSSR count). The number of benzene rings is 2. The minimum absolute atomic E-state index is 0.0347. The molecule has 1 aliphatic rings. The van der Waals surface area contributed by atoms with Gasteiger partial charge in [0.05, 0.1) is 6.04 Å². The molecule has 1 fully saturated rings. The summed E-state index contributed by atoms with van der Waals surface area (Å²) >= 11 is 6.21. The molecule has 0 aliphatic carbocycles. The van der Waals surface area contributed by atoms with E-state index in [1.54, 1.807) is 24.5 Å². The Morgan fingerprint density at radius 2 is 1.59 bits per heavy atom. The number of nitrogens with zero attached hydrogens (tertiary/aromatic N) is 3. The highest BCUT2D eigenvalue weighted by Gasteiger charge is 2.35. The zero-order valence-electron chi connectivity index (χ0n) is 20.1. The molecule has 0 saturated carbocycles. The molecule has 1 unspecified atom stereocenters. The van der Waals surface area contributed by atoms with Gasteiger partial charge in [0.1, 0.15) is 0 Å². The van der Waals surface area contributed by atoms with E-state index < -0.39 is 5.41 Å². The molecular weight excluding hydrogens is 446 g/mol. The third-order valence-corrected chi connectivity index (χ3v) is 6.51. The van der Waals surface area contributed by atoms with E-state index in [0.717, 1.165) is 16.8 Å². The Morgan fingerprint density at radius 3 is 2.21 bits per heavy atom. The Labute approximate surface area is 206 Å². The maximum atomic E-state index is 13.1. The second-order valence-electron chi connectivity index (χ2n) is 9.83. The van der Waals surface area contributed by atoms with Crippen molar-refractivity contribution in [2.24, 2.45) is 5.41 Å². The van der Waals surface area contributed by atoms with Crippen molar-refractivity contribution in [2.75, 3.05) is 24.5 Å². The fourth-order valence-electron chi connectivity index (χ4n) is 4.48. The molecule has 3 aromatic rings. The Hall–Kier alpha value is -3.18. The number of hydrogen-bond acceptors (Lipinski definition) is 4. The maximum Gasteiger partial charge on any atom is 0.228 e. The van der Waals surface area contributed by atoms with E-state index in [0.29, 0.717) is 35.8 Å². The van der Waals surface area contributed by atoms with Crippen LogP contribution in [0.3, 0.4) is 0 Å². The van der Waals surface area contributed by atoms with Crippen LogP contribution in [-0.2, 0) is 4.79 Å². The molecule has 176 valence electrons. The predicted molar refractivity (Wildman–Crippen MR) is 136 cm³/mol. The van der Waals surface area contributed by atoms with E-state index >= 15 is 0 Å². The first-order valence-electron chi connectivity index (χ1n) is 11.5. The Kier molecular flexibility index (Phi) is 6.76. The first kappa shape index (κ1) is 24.0. The van der Waals surface area contributed by atoms with E-state index in [9.17, 15) is 9.59 Å². The minimum Gasteiger partial charge on any atom is -0.361 e. The summed E-state index contributed by atoms with van der Waals surface area (Å²) in [4.78, 5) is 34.2. The first-order chi connectivity index (χ1) is 16.1. The quantitative estimate of drug-likeness (QED) is 0.453. The van der Waals surface area contributed by atoms with Gasteiger partial charge in [0, 0.05) is 59.3 Å². The first-order valence-corrected chi connectivity index (χ1v) is 11.9. The third kappa shape index (κ3) is 5.00. The number of pyridine rings is 1. The number of halogens is 1. The van der Waals surface area contributed by atoms with Crippen molar-refractivity contribution in [1.29, 1.82) is 0 Å². The second-order valence-corrected chi connectivity index (χ2v) is 10.3. The van der Waals surface area contributed by atoms with Gasteiger partial charge in [-0.25, -0.2) is 0 Å². The predicted octanol–water partition coefficient (Wildman–Crippen LogP) is 5.71. The standard InChI is InChI=1S/C28H30ClN3O2/c1-19-17-23(29)9-10-24(19)32-16-15-31(27(34)28(2,3)4)18-25(32)20-5-7-21(8-6-20)26(33)22-11-13-30-14-12-22/h5-14,17,25H,15-16,18H2,1-4H3. The van der Waals surface area contributed by atoms with Crippen LogP contribution in [0.2, 0.25) is 5.02 Å². The van der Waals surface area contributed by atoms with Crippen molar-refractivity contribution in [3.63, 3.8) is 0 Å². The molecule has 1 amide bonds. The van der Waals surface area contributed by atoms with Crippen molar-refractivity contribution in [2.45, 2.75) is 33.7 Å². The summed E-state index contributed by atoms with van der Waals surface area (Å²) in [7, 11) is 0. The lowest BCUT2D eigenvalue weighted by molar-refractivity contribution is -0.140. The maximum absolute atomic E-state index is 13.1. The highest BCUT2D eigenvalue weighted by Crippen LogP contribution is 2.35. The minimum atomic E-state index is -0.441. The summed E-state index contributed by atoms with van der Waals surface area (Å²) in [5, 5.41) is 0.707. The summed E-state index contributed by atoms with van der Waals surface area (Å²) in [5.74, 6) is 0.113. The number of hydrogen-bond donors (Lipinski definition) is 0. The molecule has 0 N–H and O–H groups in total. The molecule has 34 heavy (non-hydrogen) atoms. The van der Waals surface area contributed by atoms with Gasteiger partial charge in [-0.05, 0) is 48.4 Å². The van der Waals surface area contributed by atoms with E-state index in [-0.39, 0.29) is 17.7 Å². The number of ketones is 1. The summed E-state index contributed by atoms with van der Waals surface area (Å²) in [6, 6.07) is 17.1. The van der Waals surface area contributed by atoms with Gasteiger partial charge in [-0.2, -0.15) is 0 Å². The molecule has 0 spiro atoms. The van der Waals surface area contributed by atoms with Crippen LogP contribution in [0.5, 0.6) is 0 Å². The normalized spacial score (nSPS) is 16.4. The summed E-state index contributed by atoms with van der Waals surface area (Å²) in [6.45, 7) is 9.88. The Morgan fingerprint density at radius 1 is 0.941 bits per heavy atom. The average molecular weight is 476 g/mol. The van der Waals surface area contributed by atoms with Crippen LogP contribution in [0, 0.1) is 12.3 Å². The van der Waals surface area contributed by atoms with Crippen LogP contribution >= 0.6 is 11.6 Å². The molecule has 0 bridgehead atoms. The van der Waals surface area contributed by atoms with Crippen LogP contribution in [0.25, 0.3) is 0 Å². The largest absolute Gasteiger partial charge is 0.361 e. The number of carbonyl (C=O) groups is 2. The van der Waals surface area contributed by atoms with Gasteiger partial charge in [0.15, 0.2) is 5.78 Å². The number of rotatable bonds is 4. The van der Waals surface area contributed by atoms with E-state index in [1.807, 2.05) is 68.1 Å². The van der Waals surface area contributed by atoms with E-state index in [1.165, 1.54) is 0 Å². The lowest BCUT2D eigenvalue weighted by atomic mass is 9.92. The highest BCUT2D eigenvalue weighted by atomic mass is 35.5. The van der Waals surface area contributed by atoms with E-state index in [4.69, 9.17) is 11.6 Å². The zero-order valence-corrected chi connectivity index (χ0v) is 20.8. The topological polar surface area (TPSA) is 53.5 Å². The summed E-state index contributed by atoms with van der Waals surface area (Å²) in [5.41, 5.74) is 4.06. The number of piperazine rings is 1. The fourth-order valence-corrected chi connectivity index (χ4v) is 4.71. The molecule has 1 aliphatic heterocycles. The van der Waals surface area contributed by atoms with Crippen LogP contribution in [-0.4, -0.2) is 41.2 Å². The molecule has 2 aromatic carbocycles. The summed E-state index contributed by atoms with van der Waals surface area (Å²) in [6.07, 6.45) is 3.24. The van der Waals surface area contributed by atoms with E-state index in [2.05, 4.69) is 16.8 Å². The van der Waals surface area contributed by atoms with Crippen molar-refractivity contribution in [3.8, 4) is 0 Å². The molecule has 6 heteroatoms. The molecule has 1 aromatic heterocycles. The third-order valence-electron chi connectivity index (χ3n) is 6.28. The van der Waals surface area contributed by atoms with Gasteiger partial charge in [0.2, 0.25) is 5.91 Å². The molecule has 5 nitrogen and oxygen atoms in total. The van der Waals surface area contributed by atoms with Crippen molar-refractivity contribution in [1.82, 2.24) is 9.88 Å². The lowest BCUT2D eigenvalue weighted by Crippen LogP contribution is -2.53. The lowest BCUT2D eigenvalue weighted by Gasteiger charge is -2.45. The molecule has 1 atom stereocenters. The van der Waals surface area contributed by atoms with Crippen LogP contribution in [0.4, 0.5) is 5.69 Å². The second kappa shape index (κ2) is 9.59. The van der Waals surface area contributed by atoms with Crippen molar-refractivity contribution in [3.05, 3.63) is 94.3 Å². The Balaban J connectivity index is 1.67. The number of aromatic nitrogens is 1. The molecular formula is C28H30ClN3O2. The van der Waals surface area contributed by atoms with Crippen molar-refractivity contribution < 1.29 is 9.59 Å². The number of carbonyl (C=O) groups excluding carboxylic acids is 2. The summed E-state index contributed by atoms with van der Waals surface area (Å²) < 4.78 is 0. The molecule has 2 heterocycles. The van der Waals surface area contributed by atoms with Gasteiger partial charge in [0.25, 0.3) is 0 Å². The van der Waals surface area contributed by atoms with Gasteiger partial charge < -0.3 is 9.80 Å². The van der Waals surface area contributed by atoms with Gasteiger partial charge in [-0.15, -0.1) is 0 Å². The van der Waals surface area contributed by atoms with Gasteiger partial charge in [-0.1, -0.05) is 56.6 Å². The number of anilines is 1. The zero-order chi connectivity index (χ0) is 24.5.